The first-order chi connectivity index (χ1) is 8.22. The standard InChI is InChI=1S/C12H15BrN2O2/c13-6-9-2-1-5-15(8-9)12(17)10-3-4-14-7-11(10)16/h3-4,7,9,16H,1-2,5-6,8H2. The van der Waals surface area contributed by atoms with Crippen LogP contribution in [0.5, 0.6) is 5.75 Å². The lowest BCUT2D eigenvalue weighted by molar-refractivity contribution is 0.0683. The monoisotopic (exact) mass is 298 g/mol. The average Bonchev–Trinajstić information content (AvgIpc) is 2.38. The number of likely N-dealkylation sites (tertiary alicyclic amines) is 1. The molecule has 0 bridgehead atoms. The number of amides is 1. The van der Waals surface area contributed by atoms with Gasteiger partial charge in [-0.15, -0.1) is 0 Å². The lowest BCUT2D eigenvalue weighted by atomic mass is 9.99. The van der Waals surface area contributed by atoms with E-state index >= 15 is 0 Å². The first-order valence-electron chi connectivity index (χ1n) is 5.70. The van der Waals surface area contributed by atoms with E-state index in [4.69, 9.17) is 0 Å². The predicted octanol–water partition coefficient (Wildman–Crippen LogP) is 2.03. The Bertz CT molecular complexity index is 411. The summed E-state index contributed by atoms with van der Waals surface area (Å²) in [6, 6.07) is 1.56. The quantitative estimate of drug-likeness (QED) is 0.850. The van der Waals surface area contributed by atoms with Crippen molar-refractivity contribution >= 4 is 21.8 Å². The van der Waals surface area contributed by atoms with E-state index in [-0.39, 0.29) is 11.7 Å². The summed E-state index contributed by atoms with van der Waals surface area (Å²) in [5.41, 5.74) is 0.343. The fraction of sp³-hybridized carbons (Fsp3) is 0.500. The van der Waals surface area contributed by atoms with Gasteiger partial charge < -0.3 is 10.0 Å². The summed E-state index contributed by atoms with van der Waals surface area (Å²) in [5, 5.41) is 10.5. The molecule has 4 nitrogen and oxygen atoms in total. The molecule has 1 aromatic heterocycles. The molecule has 17 heavy (non-hydrogen) atoms. The van der Waals surface area contributed by atoms with Gasteiger partial charge in [0.15, 0.2) is 0 Å². The number of hydrogen-bond acceptors (Lipinski definition) is 3. The number of carbonyl (C=O) groups is 1. The van der Waals surface area contributed by atoms with Crippen LogP contribution in [0.4, 0.5) is 0 Å². The van der Waals surface area contributed by atoms with E-state index in [2.05, 4.69) is 20.9 Å². The molecule has 0 aromatic carbocycles. The zero-order chi connectivity index (χ0) is 12.3. The van der Waals surface area contributed by atoms with Gasteiger partial charge in [-0.2, -0.15) is 0 Å². The molecule has 92 valence electrons. The number of hydrogen-bond donors (Lipinski definition) is 1. The van der Waals surface area contributed by atoms with Gasteiger partial charge in [0.2, 0.25) is 0 Å². The summed E-state index contributed by atoms with van der Waals surface area (Å²) in [5.74, 6) is 0.366. The predicted molar refractivity (Wildman–Crippen MR) is 68.3 cm³/mol. The number of halogens is 1. The van der Waals surface area contributed by atoms with Crippen LogP contribution in [-0.4, -0.2) is 39.3 Å². The molecule has 2 heterocycles. The van der Waals surface area contributed by atoms with E-state index in [9.17, 15) is 9.90 Å². The Morgan fingerprint density at radius 1 is 1.65 bits per heavy atom. The third-order valence-electron chi connectivity index (χ3n) is 3.05. The Labute approximate surface area is 109 Å². The topological polar surface area (TPSA) is 53.4 Å². The number of aromatic nitrogens is 1. The maximum Gasteiger partial charge on any atom is 0.257 e. The minimum atomic E-state index is -0.101. The van der Waals surface area contributed by atoms with Crippen molar-refractivity contribution in [3.63, 3.8) is 0 Å². The summed E-state index contributed by atoms with van der Waals surface area (Å²) in [6.45, 7) is 1.52. The van der Waals surface area contributed by atoms with Gasteiger partial charge in [-0.05, 0) is 24.8 Å². The number of nitrogens with zero attached hydrogens (tertiary/aromatic N) is 2. The Morgan fingerprint density at radius 2 is 2.47 bits per heavy atom. The van der Waals surface area contributed by atoms with Crippen molar-refractivity contribution in [2.75, 3.05) is 18.4 Å². The maximum absolute atomic E-state index is 12.2. The summed E-state index contributed by atoms with van der Waals surface area (Å²) < 4.78 is 0. The van der Waals surface area contributed by atoms with Crippen molar-refractivity contribution < 1.29 is 9.90 Å². The summed E-state index contributed by atoms with van der Waals surface area (Å²) in [7, 11) is 0. The van der Waals surface area contributed by atoms with Crippen molar-refractivity contribution in [2.24, 2.45) is 5.92 Å². The molecule has 0 radical (unpaired) electrons. The van der Waals surface area contributed by atoms with Crippen molar-refractivity contribution in [1.82, 2.24) is 9.88 Å². The number of piperidine rings is 1. The molecule has 1 amide bonds. The van der Waals surface area contributed by atoms with Crippen LogP contribution in [0, 0.1) is 5.92 Å². The molecule has 0 aliphatic carbocycles. The lowest BCUT2D eigenvalue weighted by Gasteiger charge is -2.32. The Balaban J connectivity index is 2.12. The maximum atomic E-state index is 12.2. The van der Waals surface area contributed by atoms with E-state index in [1.165, 1.54) is 12.4 Å². The number of aromatic hydroxyl groups is 1. The molecule has 2 rings (SSSR count). The highest BCUT2D eigenvalue weighted by Crippen LogP contribution is 2.22. The molecule has 1 N–H and O–H groups in total. The SMILES string of the molecule is O=C(c1ccncc1O)N1CCCC(CBr)C1. The normalized spacial score (nSPS) is 20.3. The van der Waals surface area contributed by atoms with Gasteiger partial charge in [0.25, 0.3) is 5.91 Å². The Hall–Kier alpha value is -1.10. The van der Waals surface area contributed by atoms with Crippen LogP contribution < -0.4 is 0 Å². The first kappa shape index (κ1) is 12.4. The average molecular weight is 299 g/mol. The van der Waals surface area contributed by atoms with Crippen molar-refractivity contribution in [2.45, 2.75) is 12.8 Å². The van der Waals surface area contributed by atoms with Gasteiger partial charge in [-0.3, -0.25) is 9.78 Å². The van der Waals surface area contributed by atoms with Crippen molar-refractivity contribution in [1.29, 1.82) is 0 Å². The molecular formula is C12H15BrN2O2. The van der Waals surface area contributed by atoms with Crippen LogP contribution >= 0.6 is 15.9 Å². The molecule has 1 aromatic rings. The van der Waals surface area contributed by atoms with Gasteiger partial charge in [0, 0.05) is 24.6 Å². The van der Waals surface area contributed by atoms with E-state index < -0.39 is 0 Å². The van der Waals surface area contributed by atoms with Gasteiger partial charge >= 0.3 is 0 Å². The fourth-order valence-corrected chi connectivity index (χ4v) is 2.64. The third-order valence-corrected chi connectivity index (χ3v) is 3.97. The molecule has 0 spiro atoms. The number of rotatable bonds is 2. The minimum absolute atomic E-state index is 0.0431. The molecule has 5 heteroatoms. The van der Waals surface area contributed by atoms with Gasteiger partial charge in [0.05, 0.1) is 11.8 Å². The molecule has 1 aliphatic heterocycles. The van der Waals surface area contributed by atoms with E-state index in [1.807, 2.05) is 4.90 Å². The summed E-state index contributed by atoms with van der Waals surface area (Å²) in [6.07, 6.45) is 5.00. The zero-order valence-corrected chi connectivity index (χ0v) is 11.1. The van der Waals surface area contributed by atoms with E-state index in [0.717, 1.165) is 31.3 Å². The molecule has 1 fully saturated rings. The molecule has 1 atom stereocenters. The second-order valence-electron chi connectivity index (χ2n) is 4.31. The summed E-state index contributed by atoms with van der Waals surface area (Å²) in [4.78, 5) is 17.8. The van der Waals surface area contributed by atoms with Crippen molar-refractivity contribution in [3.05, 3.63) is 24.0 Å². The van der Waals surface area contributed by atoms with Gasteiger partial charge in [0.1, 0.15) is 5.75 Å². The molecule has 0 saturated carbocycles. The van der Waals surface area contributed by atoms with Crippen LogP contribution in [0.15, 0.2) is 18.5 Å². The highest BCUT2D eigenvalue weighted by molar-refractivity contribution is 9.09. The van der Waals surface area contributed by atoms with Crippen LogP contribution in [0.3, 0.4) is 0 Å². The number of alkyl halides is 1. The smallest absolute Gasteiger partial charge is 0.257 e. The first-order valence-corrected chi connectivity index (χ1v) is 6.82. The molecule has 1 saturated heterocycles. The second-order valence-corrected chi connectivity index (χ2v) is 4.95. The minimum Gasteiger partial charge on any atom is -0.505 e. The van der Waals surface area contributed by atoms with E-state index in [1.54, 1.807) is 6.07 Å². The van der Waals surface area contributed by atoms with Crippen LogP contribution in [-0.2, 0) is 0 Å². The number of carbonyl (C=O) groups excluding carboxylic acids is 1. The fourth-order valence-electron chi connectivity index (χ4n) is 2.11. The third kappa shape index (κ3) is 2.77. The van der Waals surface area contributed by atoms with Crippen LogP contribution in [0.2, 0.25) is 0 Å². The van der Waals surface area contributed by atoms with Crippen molar-refractivity contribution in [3.8, 4) is 5.75 Å². The second kappa shape index (κ2) is 5.49. The summed E-state index contributed by atoms with van der Waals surface area (Å²) >= 11 is 3.46. The molecule has 1 aliphatic rings. The van der Waals surface area contributed by atoms with E-state index in [0.29, 0.717) is 11.5 Å². The zero-order valence-electron chi connectivity index (χ0n) is 9.47. The molecular weight excluding hydrogens is 284 g/mol. The Kier molecular flexibility index (Phi) is 3.99. The van der Waals surface area contributed by atoms with Gasteiger partial charge in [-0.1, -0.05) is 15.9 Å². The van der Waals surface area contributed by atoms with Gasteiger partial charge in [-0.25, -0.2) is 0 Å². The van der Waals surface area contributed by atoms with Crippen LogP contribution in [0.25, 0.3) is 0 Å². The lowest BCUT2D eigenvalue weighted by Crippen LogP contribution is -2.40. The number of pyridine rings is 1. The highest BCUT2D eigenvalue weighted by Gasteiger charge is 2.25. The largest absolute Gasteiger partial charge is 0.505 e. The Morgan fingerprint density at radius 3 is 3.18 bits per heavy atom. The van der Waals surface area contributed by atoms with Crippen LogP contribution in [0.1, 0.15) is 23.2 Å². The highest BCUT2D eigenvalue weighted by atomic mass is 79.9. The molecule has 1 unspecified atom stereocenters.